The summed E-state index contributed by atoms with van der Waals surface area (Å²) in [7, 11) is 0. The molecule has 0 aliphatic carbocycles. The standard InChI is InChI=1S/C26H23ClN2O4/c1-17-15-29(16-19-6-3-2-4-7-19)24(23(17)22-8-5-13-33-22)25(30)28-21(26(31)32)14-18-9-11-20(27)12-10-18/h2-13,15,21H,14,16H2,1H3,(H,28,30)(H,31,32). The number of rotatable bonds is 8. The van der Waals surface area contributed by atoms with Gasteiger partial charge in [0.15, 0.2) is 0 Å². The third-order valence-electron chi connectivity index (χ3n) is 5.40. The smallest absolute Gasteiger partial charge is 0.326 e. The molecular weight excluding hydrogens is 440 g/mol. The number of halogens is 1. The van der Waals surface area contributed by atoms with Crippen LogP contribution in [0.3, 0.4) is 0 Å². The zero-order valence-corrected chi connectivity index (χ0v) is 18.8. The summed E-state index contributed by atoms with van der Waals surface area (Å²) in [6, 6.07) is 19.1. The maximum Gasteiger partial charge on any atom is 0.326 e. The molecule has 0 fully saturated rings. The molecule has 0 aliphatic heterocycles. The number of aryl methyl sites for hydroxylation is 1. The van der Waals surface area contributed by atoms with E-state index < -0.39 is 17.9 Å². The topological polar surface area (TPSA) is 84.5 Å². The summed E-state index contributed by atoms with van der Waals surface area (Å²) >= 11 is 5.93. The first-order chi connectivity index (χ1) is 15.9. The number of benzene rings is 2. The van der Waals surface area contributed by atoms with Crippen LogP contribution in [0, 0.1) is 6.92 Å². The van der Waals surface area contributed by atoms with Gasteiger partial charge in [-0.25, -0.2) is 4.79 Å². The van der Waals surface area contributed by atoms with E-state index in [4.69, 9.17) is 16.0 Å². The number of hydrogen-bond acceptors (Lipinski definition) is 3. The number of hydrogen-bond donors (Lipinski definition) is 2. The van der Waals surface area contributed by atoms with Crippen LogP contribution in [0.15, 0.2) is 83.6 Å². The van der Waals surface area contributed by atoms with Crippen LogP contribution in [-0.4, -0.2) is 27.6 Å². The Morgan fingerprint density at radius 1 is 1.03 bits per heavy atom. The van der Waals surface area contributed by atoms with E-state index in [1.807, 2.05) is 48.0 Å². The molecule has 4 aromatic rings. The van der Waals surface area contributed by atoms with Crippen molar-refractivity contribution in [1.29, 1.82) is 0 Å². The van der Waals surface area contributed by atoms with Crippen molar-refractivity contribution in [1.82, 2.24) is 9.88 Å². The van der Waals surface area contributed by atoms with Gasteiger partial charge in [0.1, 0.15) is 17.5 Å². The third kappa shape index (κ3) is 5.18. The minimum Gasteiger partial charge on any atom is -0.480 e. The van der Waals surface area contributed by atoms with E-state index in [9.17, 15) is 14.7 Å². The summed E-state index contributed by atoms with van der Waals surface area (Å²) in [5.74, 6) is -1.04. The van der Waals surface area contributed by atoms with Crippen molar-refractivity contribution in [3.63, 3.8) is 0 Å². The van der Waals surface area contributed by atoms with E-state index in [0.29, 0.717) is 28.6 Å². The number of aliphatic carboxylic acids is 1. The first kappa shape index (κ1) is 22.4. The predicted molar refractivity (Wildman–Crippen MR) is 126 cm³/mol. The first-order valence-electron chi connectivity index (χ1n) is 10.5. The normalized spacial score (nSPS) is 11.8. The molecule has 0 bridgehead atoms. The van der Waals surface area contributed by atoms with Crippen molar-refractivity contribution in [2.75, 3.05) is 0 Å². The van der Waals surface area contributed by atoms with Gasteiger partial charge in [0.2, 0.25) is 0 Å². The fourth-order valence-electron chi connectivity index (χ4n) is 3.86. The quantitative estimate of drug-likeness (QED) is 0.377. The number of carboxylic acids is 1. The summed E-state index contributed by atoms with van der Waals surface area (Å²) in [4.78, 5) is 25.5. The molecule has 1 amide bonds. The average molecular weight is 463 g/mol. The summed E-state index contributed by atoms with van der Waals surface area (Å²) in [6.45, 7) is 2.36. The minimum atomic E-state index is -1.12. The van der Waals surface area contributed by atoms with Gasteiger partial charge < -0.3 is 19.4 Å². The van der Waals surface area contributed by atoms with Gasteiger partial charge in [-0.1, -0.05) is 54.1 Å². The summed E-state index contributed by atoms with van der Waals surface area (Å²) in [5.41, 5.74) is 3.63. The van der Waals surface area contributed by atoms with Crippen LogP contribution >= 0.6 is 11.6 Å². The van der Waals surface area contributed by atoms with Crippen LogP contribution < -0.4 is 5.32 Å². The fourth-order valence-corrected chi connectivity index (χ4v) is 3.98. The number of furan rings is 1. The Morgan fingerprint density at radius 3 is 2.39 bits per heavy atom. The van der Waals surface area contributed by atoms with Crippen LogP contribution in [0.25, 0.3) is 11.3 Å². The summed E-state index contributed by atoms with van der Waals surface area (Å²) in [6.07, 6.45) is 3.56. The Bertz CT molecular complexity index is 1250. The van der Waals surface area contributed by atoms with Gasteiger partial charge in [-0.2, -0.15) is 0 Å². The molecule has 33 heavy (non-hydrogen) atoms. The highest BCUT2D eigenvalue weighted by Gasteiger charge is 2.27. The van der Waals surface area contributed by atoms with Crippen LogP contribution in [0.1, 0.15) is 27.2 Å². The molecule has 2 aromatic carbocycles. The third-order valence-corrected chi connectivity index (χ3v) is 5.65. The number of carbonyl (C=O) groups excluding carboxylic acids is 1. The van der Waals surface area contributed by atoms with Gasteiger partial charge in [-0.3, -0.25) is 4.79 Å². The maximum atomic E-state index is 13.5. The van der Waals surface area contributed by atoms with Crippen molar-refractivity contribution in [2.45, 2.75) is 25.9 Å². The van der Waals surface area contributed by atoms with Crippen LogP contribution in [0.5, 0.6) is 0 Å². The lowest BCUT2D eigenvalue weighted by Gasteiger charge is -2.17. The van der Waals surface area contributed by atoms with Crippen LogP contribution in [-0.2, 0) is 17.8 Å². The number of nitrogens with one attached hydrogen (secondary N) is 1. The first-order valence-corrected chi connectivity index (χ1v) is 10.9. The van der Waals surface area contributed by atoms with Gasteiger partial charge in [0.25, 0.3) is 5.91 Å². The molecule has 6 nitrogen and oxygen atoms in total. The highest BCUT2D eigenvalue weighted by molar-refractivity contribution is 6.30. The monoisotopic (exact) mass is 462 g/mol. The Labute approximate surface area is 196 Å². The van der Waals surface area contributed by atoms with Gasteiger partial charge in [0, 0.05) is 24.2 Å². The second-order valence-electron chi connectivity index (χ2n) is 7.82. The van der Waals surface area contributed by atoms with Gasteiger partial charge in [0.05, 0.1) is 11.8 Å². The van der Waals surface area contributed by atoms with E-state index in [-0.39, 0.29) is 6.42 Å². The average Bonchev–Trinajstić information content (AvgIpc) is 3.43. The molecule has 4 rings (SSSR count). The molecule has 0 radical (unpaired) electrons. The highest BCUT2D eigenvalue weighted by Crippen LogP contribution is 2.30. The van der Waals surface area contributed by atoms with Crippen LogP contribution in [0.4, 0.5) is 0 Å². The zero-order chi connectivity index (χ0) is 23.4. The van der Waals surface area contributed by atoms with E-state index in [1.54, 1.807) is 42.7 Å². The SMILES string of the molecule is Cc1cn(Cc2ccccc2)c(C(=O)NC(Cc2ccc(Cl)cc2)C(=O)O)c1-c1ccco1. The fraction of sp³-hybridized carbons (Fsp3) is 0.154. The lowest BCUT2D eigenvalue weighted by Crippen LogP contribution is -2.43. The second-order valence-corrected chi connectivity index (χ2v) is 8.26. The highest BCUT2D eigenvalue weighted by atomic mass is 35.5. The molecule has 1 unspecified atom stereocenters. The Morgan fingerprint density at radius 2 is 1.76 bits per heavy atom. The molecule has 2 aromatic heterocycles. The summed E-state index contributed by atoms with van der Waals surface area (Å²) in [5, 5.41) is 13.0. The number of carboxylic acid groups (broad SMARTS) is 1. The van der Waals surface area contributed by atoms with E-state index in [2.05, 4.69) is 5.32 Å². The largest absolute Gasteiger partial charge is 0.480 e. The molecule has 2 N–H and O–H groups in total. The number of aromatic nitrogens is 1. The molecular formula is C26H23ClN2O4. The van der Waals surface area contributed by atoms with Crippen molar-refractivity contribution < 1.29 is 19.1 Å². The minimum absolute atomic E-state index is 0.132. The van der Waals surface area contributed by atoms with E-state index in [1.165, 1.54) is 0 Å². The van der Waals surface area contributed by atoms with E-state index >= 15 is 0 Å². The Hall–Kier alpha value is -3.77. The summed E-state index contributed by atoms with van der Waals surface area (Å²) < 4.78 is 7.42. The number of amides is 1. The second kappa shape index (κ2) is 9.79. The maximum absolute atomic E-state index is 13.5. The van der Waals surface area contributed by atoms with Crippen molar-refractivity contribution in [3.05, 3.63) is 107 Å². The predicted octanol–water partition coefficient (Wildman–Crippen LogP) is 5.18. The molecule has 2 heterocycles. The number of carbonyl (C=O) groups is 2. The molecule has 0 spiro atoms. The number of nitrogens with zero attached hydrogens (tertiary/aromatic N) is 1. The Kier molecular flexibility index (Phi) is 6.66. The molecule has 0 saturated heterocycles. The lowest BCUT2D eigenvalue weighted by atomic mass is 10.0. The zero-order valence-electron chi connectivity index (χ0n) is 18.0. The van der Waals surface area contributed by atoms with Gasteiger partial charge in [-0.05, 0) is 47.9 Å². The van der Waals surface area contributed by atoms with Crippen LogP contribution in [0.2, 0.25) is 5.02 Å². The van der Waals surface area contributed by atoms with Gasteiger partial charge in [-0.15, -0.1) is 0 Å². The van der Waals surface area contributed by atoms with E-state index in [0.717, 1.165) is 16.7 Å². The van der Waals surface area contributed by atoms with Crippen molar-refractivity contribution in [2.24, 2.45) is 0 Å². The molecule has 0 aliphatic rings. The molecule has 168 valence electrons. The lowest BCUT2D eigenvalue weighted by molar-refractivity contribution is -0.139. The van der Waals surface area contributed by atoms with Gasteiger partial charge >= 0.3 is 5.97 Å². The van der Waals surface area contributed by atoms with Crippen molar-refractivity contribution >= 4 is 23.5 Å². The Balaban J connectivity index is 1.68. The molecule has 0 saturated carbocycles. The van der Waals surface area contributed by atoms with Crippen molar-refractivity contribution in [3.8, 4) is 11.3 Å². The molecule has 1 atom stereocenters. The molecule has 7 heteroatoms.